The lowest BCUT2D eigenvalue weighted by Crippen LogP contribution is -2.30. The number of benzene rings is 1. The molecule has 0 saturated heterocycles. The van der Waals surface area contributed by atoms with Crippen molar-refractivity contribution >= 4 is 34.5 Å². The number of aromatic amines is 1. The molecule has 1 atom stereocenters. The second-order valence-corrected chi connectivity index (χ2v) is 8.47. The van der Waals surface area contributed by atoms with Crippen LogP contribution in [0.2, 0.25) is 5.02 Å². The minimum absolute atomic E-state index is 0.0327. The van der Waals surface area contributed by atoms with Crippen molar-refractivity contribution in [1.29, 1.82) is 0 Å². The quantitative estimate of drug-likeness (QED) is 0.362. The SMILES string of the molecule is CCCCCSc1nc2c(c(=O)[nH]c(=O)n2C)n1C[C@H](O)COc1ccc(Cl)cc1. The molecule has 30 heavy (non-hydrogen) atoms. The zero-order valence-corrected chi connectivity index (χ0v) is 18.5. The van der Waals surface area contributed by atoms with Crippen molar-refractivity contribution in [1.82, 2.24) is 19.1 Å². The largest absolute Gasteiger partial charge is 0.491 e. The molecule has 0 aliphatic heterocycles. The van der Waals surface area contributed by atoms with E-state index in [2.05, 4.69) is 16.9 Å². The van der Waals surface area contributed by atoms with Crippen LogP contribution in [0.4, 0.5) is 0 Å². The van der Waals surface area contributed by atoms with E-state index in [9.17, 15) is 14.7 Å². The van der Waals surface area contributed by atoms with Crippen LogP contribution in [0.15, 0.2) is 39.0 Å². The number of unbranched alkanes of at least 4 members (excludes halogenated alkanes) is 2. The molecule has 0 aliphatic rings. The summed E-state index contributed by atoms with van der Waals surface area (Å²) in [5, 5.41) is 11.8. The molecule has 0 unspecified atom stereocenters. The average molecular weight is 453 g/mol. The molecule has 3 rings (SSSR count). The van der Waals surface area contributed by atoms with Crippen LogP contribution in [-0.4, -0.2) is 42.7 Å². The van der Waals surface area contributed by atoms with Gasteiger partial charge >= 0.3 is 5.69 Å². The first kappa shape index (κ1) is 22.5. The van der Waals surface area contributed by atoms with Gasteiger partial charge in [-0.2, -0.15) is 0 Å². The maximum atomic E-state index is 12.5. The smallest absolute Gasteiger partial charge is 0.329 e. The van der Waals surface area contributed by atoms with Gasteiger partial charge < -0.3 is 14.4 Å². The molecule has 0 bridgehead atoms. The lowest BCUT2D eigenvalue weighted by molar-refractivity contribution is 0.0914. The number of halogens is 1. The predicted molar refractivity (Wildman–Crippen MR) is 119 cm³/mol. The highest BCUT2D eigenvalue weighted by atomic mass is 35.5. The third kappa shape index (κ3) is 5.27. The zero-order valence-electron chi connectivity index (χ0n) is 16.9. The molecular weight excluding hydrogens is 428 g/mol. The van der Waals surface area contributed by atoms with Gasteiger partial charge in [-0.1, -0.05) is 43.1 Å². The van der Waals surface area contributed by atoms with Crippen LogP contribution in [0.1, 0.15) is 26.2 Å². The normalized spacial score (nSPS) is 12.4. The molecular formula is C20H25ClN4O4S. The van der Waals surface area contributed by atoms with Gasteiger partial charge in [0.2, 0.25) is 0 Å². The molecule has 0 spiro atoms. The van der Waals surface area contributed by atoms with Crippen LogP contribution in [0, 0.1) is 0 Å². The van der Waals surface area contributed by atoms with Crippen LogP contribution < -0.4 is 16.0 Å². The fourth-order valence-corrected chi connectivity index (χ4v) is 4.13. The minimum atomic E-state index is -0.885. The van der Waals surface area contributed by atoms with E-state index >= 15 is 0 Å². The summed E-state index contributed by atoms with van der Waals surface area (Å²) in [6, 6.07) is 6.85. The highest BCUT2D eigenvalue weighted by Crippen LogP contribution is 2.23. The van der Waals surface area contributed by atoms with Gasteiger partial charge in [0.1, 0.15) is 18.5 Å². The fraction of sp³-hybridized carbons (Fsp3) is 0.450. The van der Waals surface area contributed by atoms with E-state index in [4.69, 9.17) is 16.3 Å². The lowest BCUT2D eigenvalue weighted by Gasteiger charge is -2.15. The summed E-state index contributed by atoms with van der Waals surface area (Å²) >= 11 is 7.38. The van der Waals surface area contributed by atoms with Crippen molar-refractivity contribution in [2.24, 2.45) is 7.05 Å². The van der Waals surface area contributed by atoms with Gasteiger partial charge in [0, 0.05) is 17.8 Å². The van der Waals surface area contributed by atoms with Crippen molar-refractivity contribution in [2.75, 3.05) is 12.4 Å². The molecule has 3 aromatic rings. The first-order valence-electron chi connectivity index (χ1n) is 9.79. The Morgan fingerprint density at radius 1 is 1.27 bits per heavy atom. The molecule has 0 saturated carbocycles. The number of ether oxygens (including phenoxy) is 1. The van der Waals surface area contributed by atoms with Crippen LogP contribution in [0.25, 0.3) is 11.2 Å². The van der Waals surface area contributed by atoms with Crippen molar-refractivity contribution in [3.05, 3.63) is 50.1 Å². The number of aryl methyl sites for hydroxylation is 1. The summed E-state index contributed by atoms with van der Waals surface area (Å²) in [5.41, 5.74) is -0.480. The summed E-state index contributed by atoms with van der Waals surface area (Å²) in [7, 11) is 1.56. The Balaban J connectivity index is 1.84. The van der Waals surface area contributed by atoms with Crippen LogP contribution in [0.3, 0.4) is 0 Å². The molecule has 8 nitrogen and oxygen atoms in total. The van der Waals surface area contributed by atoms with Crippen molar-refractivity contribution in [2.45, 2.75) is 44.0 Å². The monoisotopic (exact) mass is 452 g/mol. The Kier molecular flexibility index (Phi) is 7.63. The second kappa shape index (κ2) is 10.2. The first-order valence-corrected chi connectivity index (χ1v) is 11.2. The molecule has 10 heteroatoms. The zero-order chi connectivity index (χ0) is 21.7. The van der Waals surface area contributed by atoms with E-state index in [1.807, 2.05) is 0 Å². The third-order valence-corrected chi connectivity index (χ3v) is 5.92. The molecule has 0 fully saturated rings. The Morgan fingerprint density at radius 2 is 2.00 bits per heavy atom. The standard InChI is InChI=1S/C20H25ClN4O4S/c1-3-4-5-10-30-20-22-17-16(18(27)23-19(28)24(17)2)25(20)11-14(26)12-29-15-8-6-13(21)7-9-15/h6-9,14,26H,3-5,10-12H2,1-2H3,(H,23,27,28)/t14-/m0/s1. The van der Waals surface area contributed by atoms with Crippen LogP contribution in [-0.2, 0) is 13.6 Å². The molecule has 2 heterocycles. The highest BCUT2D eigenvalue weighted by Gasteiger charge is 2.20. The van der Waals surface area contributed by atoms with E-state index in [1.165, 1.54) is 16.3 Å². The average Bonchev–Trinajstić information content (AvgIpc) is 3.08. The molecule has 2 aromatic heterocycles. The Hall–Kier alpha value is -2.23. The van der Waals surface area contributed by atoms with Gasteiger partial charge in [-0.3, -0.25) is 14.3 Å². The number of hydrogen-bond acceptors (Lipinski definition) is 6. The van der Waals surface area contributed by atoms with Gasteiger partial charge in [0.05, 0.1) is 6.54 Å². The van der Waals surface area contributed by atoms with E-state index < -0.39 is 17.4 Å². The summed E-state index contributed by atoms with van der Waals surface area (Å²) in [4.78, 5) is 31.3. The van der Waals surface area contributed by atoms with Gasteiger partial charge in [-0.05, 0) is 30.7 Å². The number of aliphatic hydroxyl groups excluding tert-OH is 1. The Bertz CT molecular complexity index is 1110. The number of hydrogen-bond donors (Lipinski definition) is 2. The van der Waals surface area contributed by atoms with E-state index in [-0.39, 0.29) is 18.7 Å². The number of rotatable bonds is 10. The molecule has 162 valence electrons. The second-order valence-electron chi connectivity index (χ2n) is 6.97. The van der Waals surface area contributed by atoms with Crippen molar-refractivity contribution in [3.8, 4) is 5.75 Å². The Labute approximate surface area is 182 Å². The highest BCUT2D eigenvalue weighted by molar-refractivity contribution is 7.99. The van der Waals surface area contributed by atoms with E-state index in [0.29, 0.717) is 21.6 Å². The van der Waals surface area contributed by atoms with Crippen LogP contribution >= 0.6 is 23.4 Å². The van der Waals surface area contributed by atoms with Crippen molar-refractivity contribution in [3.63, 3.8) is 0 Å². The van der Waals surface area contributed by atoms with Gasteiger partial charge in [-0.15, -0.1) is 0 Å². The predicted octanol–water partition coefficient (Wildman–Crippen LogP) is 2.80. The van der Waals surface area contributed by atoms with Crippen molar-refractivity contribution < 1.29 is 9.84 Å². The number of thioether (sulfide) groups is 1. The molecule has 1 aromatic carbocycles. The summed E-state index contributed by atoms with van der Waals surface area (Å²) < 4.78 is 8.59. The van der Waals surface area contributed by atoms with Gasteiger partial charge in [0.25, 0.3) is 5.56 Å². The molecule has 2 N–H and O–H groups in total. The fourth-order valence-electron chi connectivity index (χ4n) is 3.00. The first-order chi connectivity index (χ1) is 14.4. The number of nitrogens with zero attached hydrogens (tertiary/aromatic N) is 3. The number of aromatic nitrogens is 4. The maximum Gasteiger partial charge on any atom is 0.329 e. The summed E-state index contributed by atoms with van der Waals surface area (Å²) in [6.45, 7) is 2.28. The summed E-state index contributed by atoms with van der Waals surface area (Å²) in [5.74, 6) is 1.42. The van der Waals surface area contributed by atoms with Crippen LogP contribution in [0.5, 0.6) is 5.75 Å². The number of H-pyrrole nitrogens is 1. The topological polar surface area (TPSA) is 102 Å². The number of fused-ring (bicyclic) bond motifs is 1. The number of imidazole rings is 1. The molecule has 0 amide bonds. The molecule has 0 radical (unpaired) electrons. The number of aliphatic hydroxyl groups is 1. The number of nitrogens with one attached hydrogen (secondary N) is 1. The lowest BCUT2D eigenvalue weighted by atomic mass is 10.3. The van der Waals surface area contributed by atoms with E-state index in [0.717, 1.165) is 25.0 Å². The maximum absolute atomic E-state index is 12.5. The van der Waals surface area contributed by atoms with Gasteiger partial charge in [0.15, 0.2) is 16.3 Å². The summed E-state index contributed by atoms with van der Waals surface area (Å²) in [6.07, 6.45) is 2.34. The molecule has 0 aliphatic carbocycles. The van der Waals surface area contributed by atoms with Gasteiger partial charge in [-0.25, -0.2) is 9.78 Å². The minimum Gasteiger partial charge on any atom is -0.491 e. The van der Waals surface area contributed by atoms with E-state index in [1.54, 1.807) is 35.9 Å². The third-order valence-electron chi connectivity index (χ3n) is 4.60. The Morgan fingerprint density at radius 3 is 2.70 bits per heavy atom.